The van der Waals surface area contributed by atoms with E-state index in [-0.39, 0.29) is 17.5 Å². The van der Waals surface area contributed by atoms with Gasteiger partial charge in [0.2, 0.25) is 0 Å². The van der Waals surface area contributed by atoms with E-state index in [1.54, 1.807) is 6.07 Å². The van der Waals surface area contributed by atoms with Crippen LogP contribution in [0.5, 0.6) is 5.75 Å². The summed E-state index contributed by atoms with van der Waals surface area (Å²) in [6.45, 7) is 2.43. The molecule has 1 aromatic rings. The molecule has 1 fully saturated rings. The zero-order valence-electron chi connectivity index (χ0n) is 12.5. The Bertz CT molecular complexity index is 546. The van der Waals surface area contributed by atoms with Gasteiger partial charge in [-0.25, -0.2) is 9.18 Å². The number of nitrogens with one attached hydrogen (secondary N) is 1. The lowest BCUT2D eigenvalue weighted by molar-refractivity contribution is 0.0745. The number of carboxylic acid groups (broad SMARTS) is 1. The Balaban J connectivity index is 1.69. The second-order valence-electron chi connectivity index (χ2n) is 5.64. The average Bonchev–Trinajstić information content (AvgIpc) is 2.94. The number of hydrogen-bond acceptors (Lipinski definition) is 4. The Morgan fingerprint density at radius 3 is 3.04 bits per heavy atom. The lowest BCUT2D eigenvalue weighted by atomic mass is 10.1. The molecule has 3 N–H and O–H groups in total. The summed E-state index contributed by atoms with van der Waals surface area (Å²) in [6.07, 6.45) is -0.844. The summed E-state index contributed by atoms with van der Waals surface area (Å²) in [5, 5.41) is 21.0. The number of amides is 1. The summed E-state index contributed by atoms with van der Waals surface area (Å²) >= 11 is 5.59. The highest BCUT2D eigenvalue weighted by molar-refractivity contribution is 6.30. The van der Waals surface area contributed by atoms with Gasteiger partial charge in [-0.1, -0.05) is 11.6 Å². The van der Waals surface area contributed by atoms with E-state index in [1.165, 1.54) is 12.1 Å². The Hall–Kier alpha value is -1.57. The van der Waals surface area contributed by atoms with E-state index >= 15 is 0 Å². The molecule has 2 atom stereocenters. The lowest BCUT2D eigenvalue weighted by Gasteiger charge is -2.20. The molecular weight excluding hydrogens is 327 g/mol. The molecule has 1 saturated heterocycles. The van der Waals surface area contributed by atoms with Crippen LogP contribution in [-0.2, 0) is 0 Å². The number of rotatable bonds is 7. The van der Waals surface area contributed by atoms with Crippen LogP contribution in [0.4, 0.5) is 9.18 Å². The van der Waals surface area contributed by atoms with E-state index in [9.17, 15) is 14.3 Å². The Morgan fingerprint density at radius 1 is 1.57 bits per heavy atom. The van der Waals surface area contributed by atoms with Gasteiger partial charge >= 0.3 is 6.09 Å². The number of ether oxygens (including phenoxy) is 1. The van der Waals surface area contributed by atoms with Crippen LogP contribution >= 0.6 is 11.6 Å². The van der Waals surface area contributed by atoms with E-state index in [1.807, 2.05) is 0 Å². The van der Waals surface area contributed by atoms with Gasteiger partial charge < -0.3 is 25.2 Å². The highest BCUT2D eigenvalue weighted by Gasteiger charge is 2.24. The monoisotopic (exact) mass is 346 g/mol. The van der Waals surface area contributed by atoms with Gasteiger partial charge in [-0.15, -0.1) is 0 Å². The van der Waals surface area contributed by atoms with E-state index in [0.29, 0.717) is 18.8 Å². The number of hydrogen-bond donors (Lipinski definition) is 3. The summed E-state index contributed by atoms with van der Waals surface area (Å²) in [5.41, 5.74) is 0. The average molecular weight is 347 g/mol. The highest BCUT2D eigenvalue weighted by Crippen LogP contribution is 2.21. The molecule has 8 heteroatoms. The van der Waals surface area contributed by atoms with Gasteiger partial charge in [0.15, 0.2) is 0 Å². The topological polar surface area (TPSA) is 82.0 Å². The molecule has 23 heavy (non-hydrogen) atoms. The van der Waals surface area contributed by atoms with Crippen molar-refractivity contribution in [1.82, 2.24) is 10.2 Å². The zero-order chi connectivity index (χ0) is 16.8. The number of likely N-dealkylation sites (tertiary alicyclic amines) is 1. The molecule has 0 spiro atoms. The first kappa shape index (κ1) is 17.8. The Labute approximate surface area is 138 Å². The Morgan fingerprint density at radius 2 is 2.35 bits per heavy atom. The van der Waals surface area contributed by atoms with Crippen LogP contribution in [0.1, 0.15) is 6.42 Å². The molecule has 0 bridgehead atoms. The maximum atomic E-state index is 13.3. The van der Waals surface area contributed by atoms with Crippen LogP contribution in [0.25, 0.3) is 0 Å². The standard InChI is InChI=1S/C15H20ClFN2O4/c16-13-2-1-12(5-14(13)17)23-9-11(20)8-19-4-3-10(7-19)6-18-15(21)22/h1-2,5,10-11,18,20H,3-4,6-9H2,(H,21,22). The van der Waals surface area contributed by atoms with Crippen LogP contribution in [0.3, 0.4) is 0 Å². The number of carbonyl (C=O) groups is 1. The van der Waals surface area contributed by atoms with Crippen molar-refractivity contribution in [2.75, 3.05) is 32.8 Å². The van der Waals surface area contributed by atoms with Crippen LogP contribution < -0.4 is 10.1 Å². The molecule has 1 heterocycles. The van der Waals surface area contributed by atoms with Crippen LogP contribution in [0.15, 0.2) is 18.2 Å². The molecule has 1 aromatic carbocycles. The quantitative estimate of drug-likeness (QED) is 0.701. The van der Waals surface area contributed by atoms with Gasteiger partial charge in [0.05, 0.1) is 5.02 Å². The van der Waals surface area contributed by atoms with Gasteiger partial charge in [-0.05, 0) is 31.0 Å². The molecule has 0 saturated carbocycles. The van der Waals surface area contributed by atoms with Crippen LogP contribution in [0.2, 0.25) is 5.02 Å². The fourth-order valence-electron chi connectivity index (χ4n) is 2.59. The molecule has 0 aliphatic carbocycles. The maximum absolute atomic E-state index is 13.3. The third-order valence-electron chi connectivity index (χ3n) is 3.71. The van der Waals surface area contributed by atoms with Crippen molar-refractivity contribution < 1.29 is 24.1 Å². The van der Waals surface area contributed by atoms with Crippen LogP contribution in [0, 0.1) is 11.7 Å². The molecule has 1 aliphatic rings. The summed E-state index contributed by atoms with van der Waals surface area (Å²) in [6, 6.07) is 4.12. The van der Waals surface area contributed by atoms with E-state index in [2.05, 4.69) is 10.2 Å². The fourth-order valence-corrected chi connectivity index (χ4v) is 2.70. The van der Waals surface area contributed by atoms with Gasteiger partial charge in [-0.3, -0.25) is 0 Å². The predicted octanol–water partition coefficient (Wildman–Crippen LogP) is 1.81. The summed E-state index contributed by atoms with van der Waals surface area (Å²) in [7, 11) is 0. The second kappa shape index (κ2) is 8.33. The molecule has 0 aromatic heterocycles. The summed E-state index contributed by atoms with van der Waals surface area (Å²) in [4.78, 5) is 12.5. The van der Waals surface area contributed by atoms with Gasteiger partial charge in [0, 0.05) is 25.7 Å². The van der Waals surface area contributed by atoms with Crippen molar-refractivity contribution in [3.05, 3.63) is 29.0 Å². The first-order valence-electron chi connectivity index (χ1n) is 7.39. The molecule has 0 radical (unpaired) electrons. The van der Waals surface area contributed by atoms with Crippen molar-refractivity contribution in [1.29, 1.82) is 0 Å². The van der Waals surface area contributed by atoms with E-state index in [0.717, 1.165) is 19.5 Å². The minimum atomic E-state index is -1.02. The van der Waals surface area contributed by atoms with Gasteiger partial charge in [0.1, 0.15) is 24.3 Å². The molecule has 6 nitrogen and oxygen atoms in total. The predicted molar refractivity (Wildman–Crippen MR) is 83.5 cm³/mol. The third-order valence-corrected chi connectivity index (χ3v) is 4.02. The molecular formula is C15H20ClFN2O4. The number of halogens is 2. The minimum Gasteiger partial charge on any atom is -0.491 e. The number of β-amino-alcohol motifs (C(OH)–C–C–N with tert-alkyl or cyclic N) is 1. The fraction of sp³-hybridized carbons (Fsp3) is 0.533. The molecule has 2 rings (SSSR count). The number of aliphatic hydroxyl groups excluding tert-OH is 1. The van der Waals surface area contributed by atoms with Crippen molar-refractivity contribution >= 4 is 17.7 Å². The first-order chi connectivity index (χ1) is 10.9. The smallest absolute Gasteiger partial charge is 0.404 e. The molecule has 2 unspecified atom stereocenters. The number of aliphatic hydroxyl groups is 1. The third kappa shape index (κ3) is 5.85. The zero-order valence-corrected chi connectivity index (χ0v) is 13.3. The molecule has 1 aliphatic heterocycles. The maximum Gasteiger partial charge on any atom is 0.404 e. The van der Waals surface area contributed by atoms with E-state index in [4.69, 9.17) is 21.4 Å². The van der Waals surface area contributed by atoms with Crippen molar-refractivity contribution in [2.24, 2.45) is 5.92 Å². The van der Waals surface area contributed by atoms with Gasteiger partial charge in [-0.2, -0.15) is 0 Å². The molecule has 1 amide bonds. The van der Waals surface area contributed by atoms with E-state index < -0.39 is 18.0 Å². The van der Waals surface area contributed by atoms with Gasteiger partial charge in [0.25, 0.3) is 0 Å². The SMILES string of the molecule is O=C(O)NCC1CCN(CC(O)COc2ccc(Cl)c(F)c2)C1. The number of nitrogens with zero attached hydrogens (tertiary/aromatic N) is 1. The summed E-state index contributed by atoms with van der Waals surface area (Å²) < 4.78 is 18.6. The largest absolute Gasteiger partial charge is 0.491 e. The van der Waals surface area contributed by atoms with Crippen molar-refractivity contribution in [3.8, 4) is 5.75 Å². The summed E-state index contributed by atoms with van der Waals surface area (Å²) in [5.74, 6) is 0.00691. The second-order valence-corrected chi connectivity index (χ2v) is 6.05. The Kier molecular flexibility index (Phi) is 6.44. The molecule has 128 valence electrons. The van der Waals surface area contributed by atoms with Crippen molar-refractivity contribution in [2.45, 2.75) is 12.5 Å². The highest BCUT2D eigenvalue weighted by atomic mass is 35.5. The van der Waals surface area contributed by atoms with Crippen LogP contribution in [-0.4, -0.2) is 60.1 Å². The first-order valence-corrected chi connectivity index (χ1v) is 7.77. The number of benzene rings is 1. The lowest BCUT2D eigenvalue weighted by Crippen LogP contribution is -2.35. The van der Waals surface area contributed by atoms with Crippen molar-refractivity contribution in [3.63, 3.8) is 0 Å². The minimum absolute atomic E-state index is 0.0241. The normalized spacial score (nSPS) is 19.5.